The first-order chi connectivity index (χ1) is 21.8. The van der Waals surface area contributed by atoms with E-state index in [4.69, 9.17) is 20.9 Å². The quantitative estimate of drug-likeness (QED) is 0.208. The number of carbonyl (C=O) groups excluding carboxylic acids is 2. The average Bonchev–Trinajstić information content (AvgIpc) is 3.62. The van der Waals surface area contributed by atoms with Gasteiger partial charge < -0.3 is 26.0 Å². The Morgan fingerprint density at radius 1 is 1.20 bits per heavy atom. The lowest BCUT2D eigenvalue weighted by Gasteiger charge is -2.35. The van der Waals surface area contributed by atoms with Crippen LogP contribution in [0.3, 0.4) is 0 Å². The minimum Gasteiger partial charge on any atom is -0.483 e. The Balaban J connectivity index is 0.00000154. The predicted octanol–water partition coefficient (Wildman–Crippen LogP) is 2.66. The highest BCUT2D eigenvalue weighted by molar-refractivity contribution is 5.97. The summed E-state index contributed by atoms with van der Waals surface area (Å²) in [5.41, 5.74) is 4.89. The minimum absolute atomic E-state index is 0.0583. The van der Waals surface area contributed by atoms with Crippen LogP contribution in [-0.2, 0) is 22.3 Å². The number of amides is 2. The van der Waals surface area contributed by atoms with E-state index in [9.17, 15) is 22.8 Å². The second-order valence-electron chi connectivity index (χ2n) is 10.1. The number of nitrogens with one attached hydrogen (secondary N) is 1. The number of piperazine rings is 1. The number of aromatic nitrogens is 5. The van der Waals surface area contributed by atoms with Gasteiger partial charge >= 0.3 is 6.18 Å². The smallest absolute Gasteiger partial charge is 0.435 e. The Hall–Kier alpha value is -5.57. The highest BCUT2D eigenvalue weighted by Crippen LogP contribution is 2.37. The van der Waals surface area contributed by atoms with Gasteiger partial charge in [0.05, 0.1) is 35.1 Å². The molecule has 1 aliphatic rings. The summed E-state index contributed by atoms with van der Waals surface area (Å²) in [5.74, 6) is -1.38. The Morgan fingerprint density at radius 2 is 1.85 bits per heavy atom. The molecule has 1 aromatic carbocycles. The number of anilines is 2. The van der Waals surface area contributed by atoms with Gasteiger partial charge in [-0.1, -0.05) is 0 Å². The number of nitrogens with two attached hydrogens (primary N) is 1. The number of imidazole rings is 1. The van der Waals surface area contributed by atoms with Crippen molar-refractivity contribution in [3.05, 3.63) is 59.6 Å². The molecule has 242 valence electrons. The molecule has 14 nitrogen and oxygen atoms in total. The Kier molecular flexibility index (Phi) is 9.85. The molecule has 0 spiro atoms. The van der Waals surface area contributed by atoms with Gasteiger partial charge in [0.2, 0.25) is 5.91 Å². The number of rotatable bonds is 6. The van der Waals surface area contributed by atoms with Crippen LogP contribution >= 0.6 is 0 Å². The molecule has 5 rings (SSSR count). The van der Waals surface area contributed by atoms with Gasteiger partial charge in [0.1, 0.15) is 12.4 Å². The number of nitrogens with zero attached hydrogens (tertiary/aromatic N) is 8. The fourth-order valence-electron chi connectivity index (χ4n) is 4.98. The minimum atomic E-state index is -4.78. The summed E-state index contributed by atoms with van der Waals surface area (Å²) in [6.07, 6.45) is 0.314. The van der Waals surface area contributed by atoms with Crippen molar-refractivity contribution in [3.8, 4) is 17.3 Å². The van der Waals surface area contributed by atoms with Crippen LogP contribution in [0.15, 0.2) is 36.9 Å². The van der Waals surface area contributed by atoms with Crippen LogP contribution in [0.4, 0.5) is 29.1 Å². The van der Waals surface area contributed by atoms with Crippen molar-refractivity contribution in [2.24, 2.45) is 5.73 Å². The molecule has 0 bridgehead atoms. The lowest BCUT2D eigenvalue weighted by atomic mass is 10.0. The number of halogens is 4. The third-order valence-corrected chi connectivity index (χ3v) is 7.00. The monoisotopic (exact) mass is 644 g/mol. The molecule has 1 saturated heterocycles. The number of aryl methyl sites for hydroxylation is 1. The standard InChI is InChI=1S/C27H26F4N10O2.CH2O2/c1-15-11-17(12-19(28)21(15)26(43)39-9-7-38(8-10-39)25(42)16(2)33)36-23-24-35-13-20(41(24)6-4-34-23)18-14-40(5-3-32)37-22(18)27(29,30)31;2-1-3/h4,6,11-14,16H,5,7-10,33H2,1-2H3,(H,34,36);1H,(H,2,3)/t16-;/m0./s1. The lowest BCUT2D eigenvalue weighted by Crippen LogP contribution is -2.53. The Morgan fingerprint density at radius 3 is 2.43 bits per heavy atom. The Bertz CT molecular complexity index is 1780. The van der Waals surface area contributed by atoms with Crippen molar-refractivity contribution in [2.75, 3.05) is 31.5 Å². The van der Waals surface area contributed by atoms with Crippen LogP contribution in [0.2, 0.25) is 0 Å². The summed E-state index contributed by atoms with van der Waals surface area (Å²) >= 11 is 0. The van der Waals surface area contributed by atoms with Crippen molar-refractivity contribution in [2.45, 2.75) is 32.6 Å². The maximum atomic E-state index is 15.3. The van der Waals surface area contributed by atoms with Crippen LogP contribution in [0.1, 0.15) is 28.5 Å². The van der Waals surface area contributed by atoms with Gasteiger partial charge in [-0.15, -0.1) is 0 Å². The van der Waals surface area contributed by atoms with Crippen molar-refractivity contribution in [1.82, 2.24) is 33.9 Å². The molecule has 4 aromatic rings. The second kappa shape index (κ2) is 13.6. The van der Waals surface area contributed by atoms with E-state index in [1.165, 1.54) is 27.9 Å². The molecular weight excluding hydrogens is 616 g/mol. The van der Waals surface area contributed by atoms with E-state index in [1.807, 2.05) is 0 Å². The number of benzene rings is 1. The molecule has 1 atom stereocenters. The molecule has 46 heavy (non-hydrogen) atoms. The van der Waals surface area contributed by atoms with Crippen LogP contribution < -0.4 is 11.1 Å². The molecule has 3 aromatic heterocycles. The topological polar surface area (TPSA) is 188 Å². The van der Waals surface area contributed by atoms with E-state index in [0.717, 1.165) is 16.9 Å². The third kappa shape index (κ3) is 6.89. The zero-order chi connectivity index (χ0) is 33.8. The Labute approximate surface area is 258 Å². The number of nitriles is 1. The molecule has 0 aliphatic carbocycles. The molecule has 18 heteroatoms. The molecule has 1 fully saturated rings. The first kappa shape index (κ1) is 33.3. The van der Waals surface area contributed by atoms with E-state index in [0.29, 0.717) is 5.56 Å². The zero-order valence-corrected chi connectivity index (χ0v) is 24.5. The van der Waals surface area contributed by atoms with Crippen molar-refractivity contribution >= 4 is 35.4 Å². The number of fused-ring (bicyclic) bond motifs is 1. The number of carbonyl (C=O) groups is 3. The van der Waals surface area contributed by atoms with E-state index >= 15 is 4.39 Å². The van der Waals surface area contributed by atoms with Gasteiger partial charge in [-0.25, -0.2) is 14.4 Å². The van der Waals surface area contributed by atoms with Crippen LogP contribution in [0, 0.1) is 24.1 Å². The van der Waals surface area contributed by atoms with Crippen LogP contribution in [0.25, 0.3) is 16.9 Å². The normalized spacial score (nSPS) is 13.9. The summed E-state index contributed by atoms with van der Waals surface area (Å²) < 4.78 is 58.8. The van der Waals surface area contributed by atoms with Gasteiger partial charge in [0.15, 0.2) is 17.2 Å². The average molecular weight is 645 g/mol. The highest BCUT2D eigenvalue weighted by Gasteiger charge is 2.38. The van der Waals surface area contributed by atoms with Gasteiger partial charge in [-0.3, -0.25) is 23.5 Å². The summed E-state index contributed by atoms with van der Waals surface area (Å²) in [5, 5.41) is 22.3. The number of hydrogen-bond donors (Lipinski definition) is 3. The molecule has 0 saturated carbocycles. The van der Waals surface area contributed by atoms with Crippen molar-refractivity contribution < 1.29 is 37.1 Å². The lowest BCUT2D eigenvalue weighted by molar-refractivity contribution is -0.141. The van der Waals surface area contributed by atoms with E-state index in [-0.39, 0.29) is 79.1 Å². The number of carboxylic acid groups (broad SMARTS) is 1. The van der Waals surface area contributed by atoms with Gasteiger partial charge in [-0.2, -0.15) is 23.5 Å². The summed E-state index contributed by atoms with van der Waals surface area (Å²) in [7, 11) is 0. The summed E-state index contributed by atoms with van der Waals surface area (Å²) in [4.78, 5) is 45.2. The van der Waals surface area contributed by atoms with Gasteiger partial charge in [-0.05, 0) is 31.5 Å². The number of hydrogen-bond acceptors (Lipinski definition) is 9. The molecule has 4 heterocycles. The number of alkyl halides is 3. The van der Waals surface area contributed by atoms with Gasteiger partial charge in [0.25, 0.3) is 12.4 Å². The molecule has 1 aliphatic heterocycles. The molecule has 0 unspecified atom stereocenters. The van der Waals surface area contributed by atoms with E-state index in [2.05, 4.69) is 20.4 Å². The SMILES string of the molecule is Cc1cc(Nc2nccn3c(-c4cn(CC#N)nc4C(F)(F)F)cnc23)cc(F)c1C(=O)N1CCN(C(=O)[C@H](C)N)CC1.O=CO. The fourth-order valence-corrected chi connectivity index (χ4v) is 4.98. The van der Waals surface area contributed by atoms with E-state index in [1.54, 1.807) is 30.9 Å². The van der Waals surface area contributed by atoms with Crippen molar-refractivity contribution in [1.29, 1.82) is 5.26 Å². The van der Waals surface area contributed by atoms with Gasteiger partial charge in [0, 0.05) is 50.5 Å². The molecule has 4 N–H and O–H groups in total. The molecular formula is C28H28F4N10O4. The van der Waals surface area contributed by atoms with Crippen molar-refractivity contribution in [3.63, 3.8) is 0 Å². The van der Waals surface area contributed by atoms with Crippen LogP contribution in [-0.4, -0.2) is 89.6 Å². The molecule has 0 radical (unpaired) electrons. The third-order valence-electron chi connectivity index (χ3n) is 7.00. The maximum Gasteiger partial charge on any atom is 0.435 e. The summed E-state index contributed by atoms with van der Waals surface area (Å²) in [6, 6.07) is 3.78. The van der Waals surface area contributed by atoms with E-state index < -0.39 is 29.6 Å². The largest absolute Gasteiger partial charge is 0.483 e. The van der Waals surface area contributed by atoms with Crippen LogP contribution in [0.5, 0.6) is 0 Å². The zero-order valence-electron chi connectivity index (χ0n) is 24.5. The summed E-state index contributed by atoms with van der Waals surface area (Å²) in [6.45, 7) is 3.59. The highest BCUT2D eigenvalue weighted by atomic mass is 19.4. The predicted molar refractivity (Wildman–Crippen MR) is 154 cm³/mol. The first-order valence-electron chi connectivity index (χ1n) is 13.6. The molecule has 2 amide bonds. The second-order valence-corrected chi connectivity index (χ2v) is 10.1. The first-order valence-corrected chi connectivity index (χ1v) is 13.6. The maximum absolute atomic E-state index is 15.3. The fraction of sp³-hybridized carbons (Fsp3) is 0.321.